The molecule has 2 atom stereocenters. The van der Waals surface area contributed by atoms with E-state index in [-0.39, 0.29) is 0 Å². The molecule has 0 amide bonds. The van der Waals surface area contributed by atoms with Crippen LogP contribution in [0, 0.1) is 0 Å². The van der Waals surface area contributed by atoms with E-state index in [0.29, 0.717) is 18.7 Å². The number of aliphatic hydroxyl groups is 1. The first-order chi connectivity index (χ1) is 9.76. The highest BCUT2D eigenvalue weighted by molar-refractivity contribution is 9.10. The molecule has 20 heavy (non-hydrogen) atoms. The van der Waals surface area contributed by atoms with Gasteiger partial charge in [-0.25, -0.2) is 0 Å². The number of benzene rings is 1. The first-order valence-corrected chi connectivity index (χ1v) is 8.38. The summed E-state index contributed by atoms with van der Waals surface area (Å²) < 4.78 is 1.17. The highest BCUT2D eigenvalue weighted by atomic mass is 79.9. The van der Waals surface area contributed by atoms with Crippen molar-refractivity contribution in [2.45, 2.75) is 38.3 Å². The highest BCUT2D eigenvalue weighted by Gasteiger charge is 2.24. The van der Waals surface area contributed by atoms with E-state index in [1.807, 2.05) is 0 Å². The molecule has 1 aromatic carbocycles. The van der Waals surface area contributed by atoms with E-state index in [1.54, 1.807) is 0 Å². The lowest BCUT2D eigenvalue weighted by atomic mass is 10.0. The monoisotopic (exact) mass is 340 g/mol. The van der Waals surface area contributed by atoms with Gasteiger partial charge in [0, 0.05) is 23.1 Å². The van der Waals surface area contributed by atoms with Crippen molar-refractivity contribution in [2.24, 2.45) is 0 Å². The first kappa shape index (κ1) is 16.0. The van der Waals surface area contributed by atoms with Gasteiger partial charge in [0.25, 0.3) is 0 Å². The van der Waals surface area contributed by atoms with Crippen molar-refractivity contribution in [1.82, 2.24) is 10.2 Å². The maximum atomic E-state index is 9.40. The van der Waals surface area contributed by atoms with E-state index in [9.17, 15) is 5.11 Å². The topological polar surface area (TPSA) is 35.5 Å². The van der Waals surface area contributed by atoms with E-state index in [2.05, 4.69) is 57.3 Å². The molecule has 1 heterocycles. The molecule has 2 rings (SSSR count). The van der Waals surface area contributed by atoms with Crippen LogP contribution in [0.5, 0.6) is 0 Å². The van der Waals surface area contributed by atoms with Crippen molar-refractivity contribution in [2.75, 3.05) is 26.2 Å². The first-order valence-electron chi connectivity index (χ1n) is 7.59. The number of halogens is 1. The van der Waals surface area contributed by atoms with E-state index in [1.165, 1.54) is 16.5 Å². The van der Waals surface area contributed by atoms with Gasteiger partial charge in [-0.05, 0) is 44.0 Å². The summed E-state index contributed by atoms with van der Waals surface area (Å²) in [5.41, 5.74) is 1.33. The molecule has 1 fully saturated rings. The molecule has 1 aromatic rings. The second-order valence-corrected chi connectivity index (χ2v) is 6.29. The second kappa shape index (κ2) is 8.13. The summed E-state index contributed by atoms with van der Waals surface area (Å²) in [5.74, 6) is 0. The van der Waals surface area contributed by atoms with Crippen molar-refractivity contribution in [1.29, 1.82) is 0 Å². The number of hydrogen-bond acceptors (Lipinski definition) is 3. The molecule has 0 saturated carbocycles. The number of hydrogen-bond donors (Lipinski definition) is 2. The Kier molecular flexibility index (Phi) is 6.49. The minimum absolute atomic E-state index is 0.293. The van der Waals surface area contributed by atoms with Crippen LogP contribution in [0.25, 0.3) is 0 Å². The summed E-state index contributed by atoms with van der Waals surface area (Å²) in [5, 5.41) is 13.0. The Hall–Kier alpha value is -0.420. The van der Waals surface area contributed by atoms with Crippen molar-refractivity contribution in [3.8, 4) is 0 Å². The molecular formula is C16H25BrN2O. The fourth-order valence-electron chi connectivity index (χ4n) is 3.06. The smallest absolute Gasteiger partial charge is 0.0586 e. The normalized spacial score (nSPS) is 21.2. The van der Waals surface area contributed by atoms with Gasteiger partial charge in [0.05, 0.1) is 6.61 Å². The zero-order valence-electron chi connectivity index (χ0n) is 12.2. The lowest BCUT2D eigenvalue weighted by Gasteiger charge is -2.26. The van der Waals surface area contributed by atoms with Gasteiger partial charge in [0.1, 0.15) is 0 Å². The van der Waals surface area contributed by atoms with Crippen LogP contribution in [0.3, 0.4) is 0 Å². The van der Waals surface area contributed by atoms with Gasteiger partial charge in [-0.2, -0.15) is 0 Å². The molecule has 0 aliphatic carbocycles. The number of likely N-dealkylation sites (tertiary alicyclic amines) is 1. The number of nitrogens with one attached hydrogen (secondary N) is 1. The number of aliphatic hydroxyl groups excluding tert-OH is 1. The van der Waals surface area contributed by atoms with Crippen LogP contribution < -0.4 is 5.32 Å². The SMILES string of the molecule is CCNC(CCN1CCCC1CO)c1ccccc1Br. The fraction of sp³-hybridized carbons (Fsp3) is 0.625. The lowest BCUT2D eigenvalue weighted by Crippen LogP contribution is -2.35. The van der Waals surface area contributed by atoms with Crippen molar-refractivity contribution < 1.29 is 5.11 Å². The Morgan fingerprint density at radius 2 is 2.25 bits per heavy atom. The van der Waals surface area contributed by atoms with Crippen LogP contribution in [-0.4, -0.2) is 42.3 Å². The van der Waals surface area contributed by atoms with Crippen LogP contribution >= 0.6 is 15.9 Å². The third-order valence-corrected chi connectivity index (χ3v) is 4.87. The number of nitrogens with zero attached hydrogens (tertiary/aromatic N) is 1. The predicted molar refractivity (Wildman–Crippen MR) is 86.9 cm³/mol. The van der Waals surface area contributed by atoms with E-state index in [4.69, 9.17) is 0 Å². The van der Waals surface area contributed by atoms with Gasteiger partial charge in [-0.15, -0.1) is 0 Å². The Morgan fingerprint density at radius 3 is 2.95 bits per heavy atom. The molecule has 2 unspecified atom stereocenters. The van der Waals surface area contributed by atoms with Crippen LogP contribution in [0.2, 0.25) is 0 Å². The maximum Gasteiger partial charge on any atom is 0.0586 e. The van der Waals surface area contributed by atoms with E-state index < -0.39 is 0 Å². The molecule has 1 aliphatic heterocycles. The molecule has 112 valence electrons. The molecule has 1 aliphatic rings. The third kappa shape index (κ3) is 4.04. The summed E-state index contributed by atoms with van der Waals surface area (Å²) in [4.78, 5) is 2.43. The summed E-state index contributed by atoms with van der Waals surface area (Å²) in [6.45, 7) is 5.58. The Bertz CT molecular complexity index is 413. The van der Waals surface area contributed by atoms with E-state index >= 15 is 0 Å². The lowest BCUT2D eigenvalue weighted by molar-refractivity contribution is 0.154. The highest BCUT2D eigenvalue weighted by Crippen LogP contribution is 2.27. The molecule has 4 heteroatoms. The van der Waals surface area contributed by atoms with Gasteiger partial charge in [-0.3, -0.25) is 4.90 Å². The third-order valence-electron chi connectivity index (χ3n) is 4.15. The summed E-state index contributed by atoms with van der Waals surface area (Å²) in [7, 11) is 0. The quantitative estimate of drug-likeness (QED) is 0.800. The van der Waals surface area contributed by atoms with Crippen LogP contribution in [0.4, 0.5) is 0 Å². The van der Waals surface area contributed by atoms with Crippen LogP contribution in [-0.2, 0) is 0 Å². The standard InChI is InChI=1S/C16H25BrN2O/c1-2-18-16(14-7-3-4-8-15(14)17)9-11-19-10-5-6-13(19)12-20/h3-4,7-8,13,16,18,20H,2,5-6,9-12H2,1H3. The zero-order chi connectivity index (χ0) is 14.4. The van der Waals surface area contributed by atoms with E-state index in [0.717, 1.165) is 32.5 Å². The average Bonchev–Trinajstić information content (AvgIpc) is 2.92. The van der Waals surface area contributed by atoms with Gasteiger partial charge in [0.2, 0.25) is 0 Å². The van der Waals surface area contributed by atoms with Crippen molar-refractivity contribution >= 4 is 15.9 Å². The van der Waals surface area contributed by atoms with Gasteiger partial charge < -0.3 is 10.4 Å². The molecular weight excluding hydrogens is 316 g/mol. The summed E-state index contributed by atoms with van der Waals surface area (Å²) >= 11 is 3.65. The Balaban J connectivity index is 1.97. The largest absolute Gasteiger partial charge is 0.395 e. The van der Waals surface area contributed by atoms with Crippen LogP contribution in [0.1, 0.15) is 37.8 Å². The average molecular weight is 341 g/mol. The molecule has 2 N–H and O–H groups in total. The molecule has 0 bridgehead atoms. The van der Waals surface area contributed by atoms with Gasteiger partial charge in [-0.1, -0.05) is 41.1 Å². The molecule has 3 nitrogen and oxygen atoms in total. The van der Waals surface area contributed by atoms with Gasteiger partial charge in [0.15, 0.2) is 0 Å². The second-order valence-electron chi connectivity index (χ2n) is 5.44. The Morgan fingerprint density at radius 1 is 1.45 bits per heavy atom. The van der Waals surface area contributed by atoms with Gasteiger partial charge >= 0.3 is 0 Å². The predicted octanol–water partition coefficient (Wildman–Crippen LogP) is 2.95. The van der Waals surface area contributed by atoms with Crippen LogP contribution in [0.15, 0.2) is 28.7 Å². The zero-order valence-corrected chi connectivity index (χ0v) is 13.8. The summed E-state index contributed by atoms with van der Waals surface area (Å²) in [6, 6.07) is 9.18. The van der Waals surface area contributed by atoms with Crippen molar-refractivity contribution in [3.05, 3.63) is 34.3 Å². The molecule has 0 aromatic heterocycles. The Labute approximate surface area is 130 Å². The minimum atomic E-state index is 0.293. The maximum absolute atomic E-state index is 9.40. The molecule has 1 saturated heterocycles. The molecule has 0 spiro atoms. The number of rotatable bonds is 7. The fourth-order valence-corrected chi connectivity index (χ4v) is 3.62. The summed E-state index contributed by atoms with van der Waals surface area (Å²) in [6.07, 6.45) is 3.43. The minimum Gasteiger partial charge on any atom is -0.395 e. The molecule has 0 radical (unpaired) electrons. The van der Waals surface area contributed by atoms with Crippen molar-refractivity contribution in [3.63, 3.8) is 0 Å².